The second-order valence-electron chi connectivity index (χ2n) is 5.26. The van der Waals surface area contributed by atoms with Crippen molar-refractivity contribution in [2.45, 2.75) is 26.2 Å². The zero-order valence-electron chi connectivity index (χ0n) is 13.3. The zero-order valence-corrected chi connectivity index (χ0v) is 14.9. The molecule has 0 aromatic carbocycles. The topological polar surface area (TPSA) is 94.5 Å². The van der Waals surface area contributed by atoms with E-state index in [0.717, 1.165) is 40.1 Å². The van der Waals surface area contributed by atoms with Crippen LogP contribution in [0.25, 0.3) is 5.82 Å². The van der Waals surface area contributed by atoms with E-state index in [4.69, 9.17) is 5.84 Å². The number of nitrogens with zero attached hydrogens (tertiary/aromatic N) is 5. The third-order valence-electron chi connectivity index (χ3n) is 3.68. The van der Waals surface area contributed by atoms with Crippen LogP contribution in [0.3, 0.4) is 0 Å². The Morgan fingerprint density at radius 1 is 1.21 bits per heavy atom. The Hall–Kier alpha value is -2.32. The smallest absolute Gasteiger partial charge is 0.167 e. The van der Waals surface area contributed by atoms with Crippen molar-refractivity contribution in [3.05, 3.63) is 58.3 Å². The number of nitrogens with two attached hydrogens (primary N) is 1. The molecule has 0 radical (unpaired) electrons. The van der Waals surface area contributed by atoms with Crippen LogP contribution >= 0.6 is 15.9 Å². The van der Waals surface area contributed by atoms with Crippen molar-refractivity contribution in [1.82, 2.24) is 24.7 Å². The van der Waals surface area contributed by atoms with E-state index in [-0.39, 0.29) is 0 Å². The highest BCUT2D eigenvalue weighted by atomic mass is 79.9. The van der Waals surface area contributed by atoms with Crippen LogP contribution in [-0.2, 0) is 12.8 Å². The molecule has 3 aromatic heterocycles. The molecule has 0 unspecified atom stereocenters. The number of halogens is 1. The Balaban J connectivity index is 1.99. The first-order valence-electron chi connectivity index (χ1n) is 7.67. The summed E-state index contributed by atoms with van der Waals surface area (Å²) in [5.41, 5.74) is 5.63. The SMILES string of the molecule is CCCc1c(Cc2ccnn2-c2ncccc2Br)ncnc1NN. The maximum Gasteiger partial charge on any atom is 0.167 e. The van der Waals surface area contributed by atoms with Gasteiger partial charge in [0.25, 0.3) is 0 Å². The number of hydrazine groups is 1. The van der Waals surface area contributed by atoms with Crippen molar-refractivity contribution in [3.8, 4) is 5.82 Å². The molecule has 3 heterocycles. The number of nitrogens with one attached hydrogen (secondary N) is 1. The molecule has 0 saturated carbocycles. The van der Waals surface area contributed by atoms with Gasteiger partial charge in [-0.2, -0.15) is 5.10 Å². The minimum Gasteiger partial charge on any atom is -0.308 e. The van der Waals surface area contributed by atoms with E-state index < -0.39 is 0 Å². The van der Waals surface area contributed by atoms with Gasteiger partial charge in [0.05, 0.1) is 15.9 Å². The summed E-state index contributed by atoms with van der Waals surface area (Å²) in [4.78, 5) is 13.1. The quantitative estimate of drug-likeness (QED) is 0.498. The molecule has 0 saturated heterocycles. The fraction of sp³-hybridized carbons (Fsp3) is 0.250. The van der Waals surface area contributed by atoms with E-state index in [1.54, 1.807) is 12.4 Å². The van der Waals surface area contributed by atoms with Crippen LogP contribution in [-0.4, -0.2) is 24.7 Å². The second kappa shape index (κ2) is 7.50. The Morgan fingerprint density at radius 2 is 2.08 bits per heavy atom. The average Bonchev–Trinajstić information content (AvgIpc) is 3.05. The molecule has 24 heavy (non-hydrogen) atoms. The summed E-state index contributed by atoms with van der Waals surface area (Å²) in [7, 11) is 0. The fourth-order valence-corrected chi connectivity index (χ4v) is 3.02. The summed E-state index contributed by atoms with van der Waals surface area (Å²) >= 11 is 3.52. The van der Waals surface area contributed by atoms with Gasteiger partial charge in [-0.15, -0.1) is 0 Å². The van der Waals surface area contributed by atoms with Crippen LogP contribution in [0.1, 0.15) is 30.3 Å². The summed E-state index contributed by atoms with van der Waals surface area (Å²) < 4.78 is 2.70. The standard InChI is InChI=1S/C16H18BrN7/c1-2-4-12-14(20-10-21-15(12)23-18)9-11-6-8-22-24(11)16-13(17)5-3-7-19-16/h3,5-8,10H,2,4,9,18H2,1H3,(H,20,21,23). The molecular weight excluding hydrogens is 370 g/mol. The van der Waals surface area contributed by atoms with Crippen molar-refractivity contribution in [2.75, 3.05) is 5.43 Å². The zero-order chi connectivity index (χ0) is 16.9. The molecule has 7 nitrogen and oxygen atoms in total. The molecule has 0 aliphatic carbocycles. The number of anilines is 1. The molecule has 0 aliphatic heterocycles. The van der Waals surface area contributed by atoms with Gasteiger partial charge in [-0.3, -0.25) is 0 Å². The Bertz CT molecular complexity index is 831. The van der Waals surface area contributed by atoms with Crippen LogP contribution in [0.5, 0.6) is 0 Å². The Morgan fingerprint density at radius 3 is 2.83 bits per heavy atom. The molecule has 3 aromatic rings. The number of nitrogen functional groups attached to an aromatic ring is 1. The molecule has 0 aliphatic rings. The van der Waals surface area contributed by atoms with E-state index in [1.807, 2.05) is 22.9 Å². The maximum absolute atomic E-state index is 5.59. The molecule has 0 atom stereocenters. The highest BCUT2D eigenvalue weighted by molar-refractivity contribution is 9.10. The molecule has 8 heteroatoms. The van der Waals surface area contributed by atoms with E-state index in [0.29, 0.717) is 12.2 Å². The van der Waals surface area contributed by atoms with Gasteiger partial charge in [0.2, 0.25) is 0 Å². The van der Waals surface area contributed by atoms with Gasteiger partial charge in [0.15, 0.2) is 5.82 Å². The summed E-state index contributed by atoms with van der Waals surface area (Å²) in [6.07, 6.45) is 7.50. The van der Waals surface area contributed by atoms with Crippen molar-refractivity contribution >= 4 is 21.7 Å². The van der Waals surface area contributed by atoms with Gasteiger partial charge in [-0.1, -0.05) is 13.3 Å². The fourth-order valence-electron chi connectivity index (χ4n) is 2.60. The minimum absolute atomic E-state index is 0.621. The van der Waals surface area contributed by atoms with E-state index in [9.17, 15) is 0 Å². The van der Waals surface area contributed by atoms with E-state index in [1.165, 1.54) is 6.33 Å². The van der Waals surface area contributed by atoms with Crippen molar-refractivity contribution in [1.29, 1.82) is 0 Å². The third-order valence-corrected chi connectivity index (χ3v) is 4.30. The summed E-state index contributed by atoms with van der Waals surface area (Å²) in [6, 6.07) is 5.78. The first kappa shape index (κ1) is 16.5. The normalized spacial score (nSPS) is 10.8. The van der Waals surface area contributed by atoms with Gasteiger partial charge in [-0.05, 0) is 40.5 Å². The first-order valence-corrected chi connectivity index (χ1v) is 8.47. The summed E-state index contributed by atoms with van der Waals surface area (Å²) in [5, 5.41) is 4.40. The van der Waals surface area contributed by atoms with Crippen molar-refractivity contribution < 1.29 is 0 Å². The van der Waals surface area contributed by atoms with Gasteiger partial charge >= 0.3 is 0 Å². The lowest BCUT2D eigenvalue weighted by atomic mass is 10.1. The van der Waals surface area contributed by atoms with E-state index in [2.05, 4.69) is 48.3 Å². The Kier molecular flexibility index (Phi) is 5.17. The monoisotopic (exact) mass is 387 g/mol. The van der Waals surface area contributed by atoms with Gasteiger partial charge in [-0.25, -0.2) is 25.5 Å². The highest BCUT2D eigenvalue weighted by Gasteiger charge is 2.15. The van der Waals surface area contributed by atoms with Crippen LogP contribution in [0.4, 0.5) is 5.82 Å². The van der Waals surface area contributed by atoms with Gasteiger partial charge < -0.3 is 5.43 Å². The molecule has 0 amide bonds. The largest absolute Gasteiger partial charge is 0.308 e. The Labute approximate surface area is 148 Å². The molecule has 0 fully saturated rings. The van der Waals surface area contributed by atoms with Crippen LogP contribution < -0.4 is 11.3 Å². The minimum atomic E-state index is 0.621. The predicted molar refractivity (Wildman–Crippen MR) is 95.7 cm³/mol. The second-order valence-corrected chi connectivity index (χ2v) is 6.12. The predicted octanol–water partition coefficient (Wildman–Crippen LogP) is 2.65. The summed E-state index contributed by atoms with van der Waals surface area (Å²) in [6.45, 7) is 2.12. The molecular formula is C16H18BrN7. The number of aromatic nitrogens is 5. The van der Waals surface area contributed by atoms with Crippen LogP contribution in [0, 0.1) is 0 Å². The number of pyridine rings is 1. The lowest BCUT2D eigenvalue weighted by molar-refractivity contribution is 0.778. The lowest BCUT2D eigenvalue weighted by Gasteiger charge is -2.13. The molecule has 0 spiro atoms. The number of rotatable bonds is 6. The summed E-state index contributed by atoms with van der Waals surface area (Å²) in [5.74, 6) is 7.01. The number of hydrogen-bond donors (Lipinski definition) is 2. The van der Waals surface area contributed by atoms with Crippen molar-refractivity contribution in [3.63, 3.8) is 0 Å². The molecule has 3 N–H and O–H groups in total. The average molecular weight is 388 g/mol. The molecule has 3 rings (SSSR count). The van der Waals surface area contributed by atoms with Gasteiger partial charge in [0.1, 0.15) is 12.1 Å². The lowest BCUT2D eigenvalue weighted by Crippen LogP contribution is -2.14. The molecule has 124 valence electrons. The third kappa shape index (κ3) is 3.29. The van der Waals surface area contributed by atoms with Crippen LogP contribution in [0.15, 0.2) is 41.4 Å². The first-order chi connectivity index (χ1) is 11.7. The highest BCUT2D eigenvalue weighted by Crippen LogP contribution is 2.23. The number of hydrogen-bond acceptors (Lipinski definition) is 6. The molecule has 0 bridgehead atoms. The van der Waals surface area contributed by atoms with Gasteiger partial charge in [0, 0.05) is 24.4 Å². The maximum atomic E-state index is 5.59. The van der Waals surface area contributed by atoms with Crippen molar-refractivity contribution in [2.24, 2.45) is 5.84 Å². The van der Waals surface area contributed by atoms with E-state index >= 15 is 0 Å². The van der Waals surface area contributed by atoms with Crippen LogP contribution in [0.2, 0.25) is 0 Å².